The van der Waals surface area contributed by atoms with Crippen LogP contribution in [0, 0.1) is 5.92 Å². The number of urea groups is 1. The first-order valence-electron chi connectivity index (χ1n) is 11.1. The van der Waals surface area contributed by atoms with Crippen molar-refractivity contribution >= 4 is 35.9 Å². The van der Waals surface area contributed by atoms with Crippen LogP contribution in [0.25, 0.3) is 0 Å². The van der Waals surface area contributed by atoms with E-state index in [1.54, 1.807) is 0 Å². The second kappa shape index (κ2) is 8.43. The molecule has 4 aliphatic heterocycles. The molecular weight excluding hydrogens is 418 g/mol. The van der Waals surface area contributed by atoms with Crippen LogP contribution in [0.1, 0.15) is 44.1 Å². The molecule has 0 aromatic heterocycles. The molecule has 1 N–H and O–H groups in total. The van der Waals surface area contributed by atoms with Crippen molar-refractivity contribution in [2.75, 3.05) is 37.6 Å². The summed E-state index contributed by atoms with van der Waals surface area (Å²) in [4.78, 5) is 42.9. The average Bonchev–Trinajstić information content (AvgIpc) is 3.16. The number of carbonyl (C=O) groups excluding carboxylic acids is 2. The van der Waals surface area contributed by atoms with Crippen LogP contribution in [0.4, 0.5) is 10.5 Å². The number of carboxylic acid groups (broad SMARTS) is 1. The zero-order valence-corrected chi connectivity index (χ0v) is 18.5. The molecule has 4 saturated heterocycles. The molecule has 4 heterocycles. The van der Waals surface area contributed by atoms with Crippen molar-refractivity contribution in [2.45, 2.75) is 50.0 Å². The highest BCUT2D eigenvalue weighted by Crippen LogP contribution is 2.41. The zero-order chi connectivity index (χ0) is 20.9. The number of nitrogens with zero attached hydrogens (tertiary/aromatic N) is 3. The average molecular weight is 448 g/mol. The molecular formula is C23H30ClN3O4. The standard InChI is InChI=1S/C23H29N3O4.ClH/c27-20-15-24-11-9-23(20,10-12-24)17-3-7-19(8-4-17)26-14-13-25(22(26)30)18-5-1-16(2-6-18)21(28)29;/h3-4,7-8,16,18H,1-2,5-6,9-15H2,(H,28,29);1H. The van der Waals surface area contributed by atoms with E-state index in [1.807, 2.05) is 34.1 Å². The Kier molecular flexibility index (Phi) is 6.01. The van der Waals surface area contributed by atoms with Crippen molar-refractivity contribution in [1.82, 2.24) is 9.80 Å². The van der Waals surface area contributed by atoms with Gasteiger partial charge in [0, 0.05) is 24.8 Å². The van der Waals surface area contributed by atoms with E-state index >= 15 is 0 Å². The van der Waals surface area contributed by atoms with Gasteiger partial charge in [-0.25, -0.2) is 4.79 Å². The second-order valence-corrected chi connectivity index (χ2v) is 9.30. The first-order chi connectivity index (χ1) is 14.5. The number of piperidine rings is 3. The van der Waals surface area contributed by atoms with Crippen LogP contribution in [0.15, 0.2) is 24.3 Å². The van der Waals surface area contributed by atoms with Crippen molar-refractivity contribution in [3.05, 3.63) is 29.8 Å². The Morgan fingerprint density at radius 2 is 1.58 bits per heavy atom. The molecule has 0 radical (unpaired) electrons. The van der Waals surface area contributed by atoms with Crippen LogP contribution in [0.5, 0.6) is 0 Å². The number of amides is 2. The lowest BCUT2D eigenvalue weighted by Gasteiger charge is -2.47. The highest BCUT2D eigenvalue weighted by atomic mass is 35.5. The Bertz CT molecular complexity index is 858. The van der Waals surface area contributed by atoms with Gasteiger partial charge in [-0.2, -0.15) is 0 Å². The summed E-state index contributed by atoms with van der Waals surface area (Å²) in [6, 6.07) is 8.22. The molecule has 2 amide bonds. The maximum atomic E-state index is 13.1. The minimum atomic E-state index is -0.718. The number of benzene rings is 1. The van der Waals surface area contributed by atoms with Crippen LogP contribution in [0.3, 0.4) is 0 Å². The summed E-state index contributed by atoms with van der Waals surface area (Å²) >= 11 is 0. The number of halogens is 1. The van der Waals surface area contributed by atoms with Gasteiger partial charge in [-0.3, -0.25) is 19.4 Å². The molecule has 168 valence electrons. The summed E-state index contributed by atoms with van der Waals surface area (Å²) in [6.45, 7) is 3.86. The van der Waals surface area contributed by atoms with Gasteiger partial charge in [-0.05, 0) is 69.3 Å². The van der Waals surface area contributed by atoms with Crippen molar-refractivity contribution in [3.8, 4) is 0 Å². The summed E-state index contributed by atoms with van der Waals surface area (Å²) in [5.41, 5.74) is 1.63. The molecule has 1 aromatic rings. The highest BCUT2D eigenvalue weighted by molar-refractivity contribution is 5.95. The van der Waals surface area contributed by atoms with Gasteiger partial charge in [0.25, 0.3) is 0 Å². The van der Waals surface area contributed by atoms with Gasteiger partial charge < -0.3 is 10.0 Å². The van der Waals surface area contributed by atoms with Crippen LogP contribution >= 0.6 is 12.4 Å². The number of Topliss-reactive ketones (excluding diaryl/α,β-unsaturated/α-hetero) is 1. The lowest BCUT2D eigenvalue weighted by atomic mass is 9.66. The highest BCUT2D eigenvalue weighted by Gasteiger charge is 2.47. The number of fused-ring (bicyclic) bond motifs is 3. The van der Waals surface area contributed by atoms with Gasteiger partial charge in [0.1, 0.15) is 0 Å². The van der Waals surface area contributed by atoms with Crippen LogP contribution in [-0.2, 0) is 15.0 Å². The van der Waals surface area contributed by atoms with Crippen LogP contribution in [-0.4, -0.2) is 71.5 Å². The van der Waals surface area contributed by atoms with Gasteiger partial charge in [0.15, 0.2) is 5.78 Å². The number of rotatable bonds is 4. The molecule has 7 nitrogen and oxygen atoms in total. The Labute approximate surface area is 188 Å². The van der Waals surface area contributed by atoms with Crippen molar-refractivity contribution in [1.29, 1.82) is 0 Å². The van der Waals surface area contributed by atoms with E-state index in [9.17, 15) is 19.5 Å². The minimum Gasteiger partial charge on any atom is -0.481 e. The van der Waals surface area contributed by atoms with Gasteiger partial charge in [0.2, 0.25) is 0 Å². The number of carboxylic acids is 1. The molecule has 0 atom stereocenters. The van der Waals surface area contributed by atoms with Crippen molar-refractivity contribution in [3.63, 3.8) is 0 Å². The molecule has 0 spiro atoms. The Morgan fingerprint density at radius 3 is 2.16 bits per heavy atom. The predicted molar refractivity (Wildman–Crippen MR) is 119 cm³/mol. The van der Waals surface area contributed by atoms with E-state index in [1.165, 1.54) is 0 Å². The van der Waals surface area contributed by atoms with Crippen LogP contribution in [0.2, 0.25) is 0 Å². The minimum absolute atomic E-state index is 0. The van der Waals surface area contributed by atoms with Crippen LogP contribution < -0.4 is 4.90 Å². The van der Waals surface area contributed by atoms with E-state index in [4.69, 9.17) is 0 Å². The summed E-state index contributed by atoms with van der Waals surface area (Å²) in [6.07, 6.45) is 4.59. The van der Waals surface area contributed by atoms with E-state index in [-0.39, 0.29) is 35.8 Å². The smallest absolute Gasteiger partial charge is 0.324 e. The largest absolute Gasteiger partial charge is 0.481 e. The molecule has 1 aromatic carbocycles. The second-order valence-electron chi connectivity index (χ2n) is 9.30. The summed E-state index contributed by atoms with van der Waals surface area (Å²) in [5, 5.41) is 9.19. The Hall–Kier alpha value is -2.12. The number of anilines is 1. The number of hydrogen-bond donors (Lipinski definition) is 1. The van der Waals surface area contributed by atoms with E-state index in [0.717, 1.165) is 50.0 Å². The maximum Gasteiger partial charge on any atom is 0.324 e. The van der Waals surface area contributed by atoms with Gasteiger partial charge >= 0.3 is 12.0 Å². The van der Waals surface area contributed by atoms with E-state index in [0.29, 0.717) is 38.3 Å². The Balaban J connectivity index is 0.00000231. The van der Waals surface area contributed by atoms with Gasteiger partial charge in [0.05, 0.1) is 17.9 Å². The maximum absolute atomic E-state index is 13.1. The molecule has 0 unspecified atom stereocenters. The van der Waals surface area contributed by atoms with Gasteiger partial charge in [-0.15, -0.1) is 12.4 Å². The fourth-order valence-electron chi connectivity index (χ4n) is 5.90. The summed E-state index contributed by atoms with van der Waals surface area (Å²) < 4.78 is 0. The van der Waals surface area contributed by atoms with E-state index in [2.05, 4.69) is 4.90 Å². The zero-order valence-electron chi connectivity index (χ0n) is 17.7. The number of ketones is 1. The third-order valence-corrected chi connectivity index (χ3v) is 7.87. The third-order valence-electron chi connectivity index (χ3n) is 7.87. The number of carbonyl (C=O) groups is 3. The predicted octanol–water partition coefficient (Wildman–Crippen LogP) is 2.91. The van der Waals surface area contributed by atoms with Gasteiger partial charge in [-0.1, -0.05) is 12.1 Å². The first-order valence-corrected chi connectivity index (χ1v) is 11.1. The summed E-state index contributed by atoms with van der Waals surface area (Å²) in [5.74, 6) is -0.658. The molecule has 8 heteroatoms. The molecule has 5 fully saturated rings. The number of hydrogen-bond acceptors (Lipinski definition) is 4. The lowest BCUT2D eigenvalue weighted by Crippen LogP contribution is -2.57. The van der Waals surface area contributed by atoms with Crippen molar-refractivity contribution < 1.29 is 19.5 Å². The molecule has 1 saturated carbocycles. The quantitative estimate of drug-likeness (QED) is 0.767. The fraction of sp³-hybridized carbons (Fsp3) is 0.609. The third kappa shape index (κ3) is 3.72. The lowest BCUT2D eigenvalue weighted by molar-refractivity contribution is -0.143. The summed E-state index contributed by atoms with van der Waals surface area (Å²) in [7, 11) is 0. The molecule has 2 bridgehead atoms. The fourth-order valence-corrected chi connectivity index (χ4v) is 5.90. The number of aliphatic carboxylic acids is 1. The molecule has 31 heavy (non-hydrogen) atoms. The first kappa shape index (κ1) is 22.1. The monoisotopic (exact) mass is 447 g/mol. The molecule has 6 rings (SSSR count). The topological polar surface area (TPSA) is 81.2 Å². The molecule has 5 aliphatic rings. The molecule has 1 aliphatic carbocycles. The van der Waals surface area contributed by atoms with Crippen molar-refractivity contribution in [2.24, 2.45) is 5.92 Å². The SMILES string of the molecule is Cl.O=C(O)C1CCC(N2CCN(c3ccc([C@]45CC[N@@](CC4)CC5=O)cc3)C2=O)CC1. The Morgan fingerprint density at radius 1 is 0.935 bits per heavy atom. The normalized spacial score (nSPS) is 32.8. The van der Waals surface area contributed by atoms with E-state index < -0.39 is 5.97 Å².